The number of carboxylic acid groups (broad SMARTS) is 1. The first-order valence-corrected chi connectivity index (χ1v) is 11.3. The molecule has 1 unspecified atom stereocenters. The fourth-order valence-corrected chi connectivity index (χ4v) is 5.67. The molecule has 0 aliphatic heterocycles. The van der Waals surface area contributed by atoms with Gasteiger partial charge < -0.3 is 25.0 Å². The summed E-state index contributed by atoms with van der Waals surface area (Å²) in [5.74, 6) is -0.751. The molecule has 0 amide bonds. The number of benzene rings is 1. The summed E-state index contributed by atoms with van der Waals surface area (Å²) in [6.07, 6.45) is 4.34. The van der Waals surface area contributed by atoms with Gasteiger partial charge in [-0.25, -0.2) is 4.79 Å². The number of carboxylic acids is 1. The van der Waals surface area contributed by atoms with E-state index in [1.807, 2.05) is 6.92 Å². The molecule has 1 fully saturated rings. The minimum Gasteiger partial charge on any atom is -0.799 e. The summed E-state index contributed by atoms with van der Waals surface area (Å²) in [5, 5.41) is 22.3. The van der Waals surface area contributed by atoms with Crippen LogP contribution in [0, 0.1) is 5.92 Å². The van der Waals surface area contributed by atoms with E-state index in [4.69, 9.17) is 5.11 Å². The third-order valence-electron chi connectivity index (χ3n) is 5.04. The molecule has 6 nitrogen and oxygen atoms in total. The van der Waals surface area contributed by atoms with E-state index in [1.165, 1.54) is 12.5 Å². The average molecular weight is 389 g/mol. The summed E-state index contributed by atoms with van der Waals surface area (Å²) in [6.45, 7) is 2.00. The van der Waals surface area contributed by atoms with E-state index >= 15 is 0 Å². The number of aliphatic hydroxyl groups excluding tert-OH is 1. The Balaban J connectivity index is 0.00000364. The van der Waals surface area contributed by atoms with Gasteiger partial charge in [0.2, 0.25) is 0 Å². The molecule has 0 saturated heterocycles. The summed E-state index contributed by atoms with van der Waals surface area (Å²) < 4.78 is 12.3. The van der Waals surface area contributed by atoms with E-state index in [2.05, 4.69) is 5.32 Å². The summed E-state index contributed by atoms with van der Waals surface area (Å²) in [7, 11) is -3.59. The second-order valence-electron chi connectivity index (χ2n) is 7.40. The molecule has 1 aromatic rings. The van der Waals surface area contributed by atoms with Gasteiger partial charge >= 0.3 is 24.8 Å². The van der Waals surface area contributed by atoms with Crippen molar-refractivity contribution in [3.8, 4) is 0 Å². The van der Waals surface area contributed by atoms with Crippen molar-refractivity contribution < 1.29 is 43.3 Å². The number of aliphatic hydroxyl groups is 1. The Morgan fingerprint density at radius 2 is 2.00 bits per heavy atom. The van der Waals surface area contributed by atoms with Crippen LogP contribution in [0.15, 0.2) is 24.3 Å². The van der Waals surface area contributed by atoms with Crippen LogP contribution in [-0.2, 0) is 4.57 Å². The maximum Gasteiger partial charge on any atom is 1.00 e. The molecule has 2 rings (SSSR count). The van der Waals surface area contributed by atoms with Crippen LogP contribution in [0.25, 0.3) is 0 Å². The minimum absolute atomic E-state index is 0. The second kappa shape index (κ2) is 11.4. The quantitative estimate of drug-likeness (QED) is 0.392. The number of rotatable bonds is 9. The molecule has 1 aromatic carbocycles. The molecule has 1 aliphatic rings. The molecule has 8 heteroatoms. The molecule has 3 N–H and O–H groups in total. The molecule has 1 saturated carbocycles. The first kappa shape index (κ1) is 24.4. The standard InChI is InChI=1S/C19H30NO5P.Li/c1-14(16-8-5-9-17(10-16)19(22)23)20-11-18(21)13-26(24,25)12-15-6-3-2-4-7-15;/h5,8-10,14-15,18,20-21H,2-4,6-7,11-13H2,1H3,(H,22,23)(H,24,25);/q;+1/p-1/t14-,18-;/m0./s1. The first-order valence-electron chi connectivity index (χ1n) is 9.30. The van der Waals surface area contributed by atoms with Gasteiger partial charge in [-0.2, -0.15) is 0 Å². The Labute approximate surface area is 173 Å². The molecule has 146 valence electrons. The third kappa shape index (κ3) is 8.52. The average Bonchev–Trinajstić information content (AvgIpc) is 2.59. The SMILES string of the molecule is C[C@H](NC[C@H](O)CP(=O)([O-])CC1CCCCC1)c1cccc(C(=O)O)c1.[Li+]. The van der Waals surface area contributed by atoms with E-state index in [9.17, 15) is 19.4 Å². The predicted octanol–water partition coefficient (Wildman–Crippen LogP) is -0.381. The van der Waals surface area contributed by atoms with E-state index in [0.717, 1.165) is 31.2 Å². The molecule has 0 bridgehead atoms. The second-order valence-corrected chi connectivity index (χ2v) is 9.76. The monoisotopic (exact) mass is 389 g/mol. The Morgan fingerprint density at radius 1 is 1.33 bits per heavy atom. The number of hydrogen-bond acceptors (Lipinski definition) is 5. The largest absolute Gasteiger partial charge is 1.00 e. The Kier molecular flexibility index (Phi) is 10.3. The fourth-order valence-electron chi connectivity index (χ4n) is 3.59. The van der Waals surface area contributed by atoms with Crippen molar-refractivity contribution in [2.75, 3.05) is 18.9 Å². The zero-order valence-corrected chi connectivity index (χ0v) is 17.2. The zero-order chi connectivity index (χ0) is 19.2. The van der Waals surface area contributed by atoms with Crippen LogP contribution in [0.5, 0.6) is 0 Å². The van der Waals surface area contributed by atoms with Gasteiger partial charge in [0.05, 0.1) is 11.7 Å². The topological polar surface area (TPSA) is 110 Å². The summed E-state index contributed by atoms with van der Waals surface area (Å²) >= 11 is 0. The van der Waals surface area contributed by atoms with Gasteiger partial charge in [0.1, 0.15) is 0 Å². The van der Waals surface area contributed by atoms with E-state index in [1.54, 1.807) is 18.2 Å². The number of aromatic carboxylic acids is 1. The molecule has 3 atom stereocenters. The Bertz CT molecular complexity index is 651. The smallest absolute Gasteiger partial charge is 0.799 e. The molecule has 0 heterocycles. The van der Waals surface area contributed by atoms with Gasteiger partial charge in [-0.3, -0.25) is 0 Å². The molecule has 0 aromatic heterocycles. The summed E-state index contributed by atoms with van der Waals surface area (Å²) in [4.78, 5) is 23.4. The van der Waals surface area contributed by atoms with Crippen LogP contribution >= 0.6 is 7.37 Å². The molecule has 27 heavy (non-hydrogen) atoms. The van der Waals surface area contributed by atoms with Crippen LogP contribution in [0.3, 0.4) is 0 Å². The number of nitrogens with one attached hydrogen (secondary N) is 1. The van der Waals surface area contributed by atoms with Gasteiger partial charge in [-0.15, -0.1) is 0 Å². The Morgan fingerprint density at radius 3 is 2.63 bits per heavy atom. The van der Waals surface area contributed by atoms with Crippen molar-refractivity contribution in [3.05, 3.63) is 35.4 Å². The van der Waals surface area contributed by atoms with Gasteiger partial charge in [0.25, 0.3) is 0 Å². The van der Waals surface area contributed by atoms with Gasteiger partial charge in [0, 0.05) is 26.1 Å². The fraction of sp³-hybridized carbons (Fsp3) is 0.632. The van der Waals surface area contributed by atoms with Crippen molar-refractivity contribution in [1.29, 1.82) is 0 Å². The van der Waals surface area contributed by atoms with E-state index in [0.29, 0.717) is 0 Å². The van der Waals surface area contributed by atoms with Crippen LogP contribution in [-0.4, -0.2) is 41.2 Å². The third-order valence-corrected chi connectivity index (χ3v) is 7.09. The van der Waals surface area contributed by atoms with Crippen LogP contribution in [0.1, 0.15) is 61.0 Å². The number of hydrogen-bond donors (Lipinski definition) is 3. The molecule has 0 spiro atoms. The van der Waals surface area contributed by atoms with Crippen molar-refractivity contribution >= 4 is 13.3 Å². The molecular weight excluding hydrogens is 360 g/mol. The van der Waals surface area contributed by atoms with Crippen molar-refractivity contribution in [3.63, 3.8) is 0 Å². The summed E-state index contributed by atoms with van der Waals surface area (Å²) in [6, 6.07) is 6.38. The zero-order valence-electron chi connectivity index (χ0n) is 16.3. The van der Waals surface area contributed by atoms with E-state index in [-0.39, 0.29) is 55.3 Å². The van der Waals surface area contributed by atoms with Crippen LogP contribution < -0.4 is 29.1 Å². The van der Waals surface area contributed by atoms with Crippen molar-refractivity contribution in [2.24, 2.45) is 5.92 Å². The predicted molar refractivity (Wildman–Crippen MR) is 99.7 cm³/mol. The first-order chi connectivity index (χ1) is 12.3. The van der Waals surface area contributed by atoms with Gasteiger partial charge in [-0.1, -0.05) is 44.2 Å². The normalized spacial score (nSPS) is 19.5. The van der Waals surface area contributed by atoms with E-state index < -0.39 is 19.4 Å². The molecule has 1 aliphatic carbocycles. The molecule has 0 radical (unpaired) electrons. The van der Waals surface area contributed by atoms with Crippen molar-refractivity contribution in [2.45, 2.75) is 51.2 Å². The molecular formula is C19H29LiNO5P. The Hall–Kier alpha value is -0.603. The number of carbonyl (C=O) groups is 1. The van der Waals surface area contributed by atoms with Crippen molar-refractivity contribution in [1.82, 2.24) is 5.32 Å². The van der Waals surface area contributed by atoms with Gasteiger partial charge in [0.15, 0.2) is 0 Å². The van der Waals surface area contributed by atoms with Gasteiger partial charge in [-0.05, 0) is 36.7 Å². The van der Waals surface area contributed by atoms with Crippen LogP contribution in [0.2, 0.25) is 0 Å². The van der Waals surface area contributed by atoms with Crippen LogP contribution in [0.4, 0.5) is 0 Å². The minimum atomic E-state index is -3.59. The maximum absolute atomic E-state index is 12.3. The maximum atomic E-state index is 12.3. The summed E-state index contributed by atoms with van der Waals surface area (Å²) in [5.41, 5.74) is 0.984.